The van der Waals surface area contributed by atoms with E-state index in [0.717, 1.165) is 6.42 Å². The van der Waals surface area contributed by atoms with E-state index in [0.29, 0.717) is 0 Å². The maximum atomic E-state index is 4.00. The third-order valence-corrected chi connectivity index (χ3v) is 3.07. The molecule has 1 aromatic rings. The monoisotopic (exact) mass is 188 g/mol. The van der Waals surface area contributed by atoms with E-state index in [2.05, 4.69) is 56.8 Å². The lowest BCUT2D eigenvalue weighted by atomic mass is 9.75. The molecule has 1 aromatic carbocycles. The number of hydrogen-bond acceptors (Lipinski definition) is 0. The first kappa shape index (κ1) is 11.0. The Kier molecular flexibility index (Phi) is 3.94. The molecular formula is C14H20. The largest absolute Gasteiger partial charge is 0.102 e. The molecule has 0 heteroatoms. The maximum absolute atomic E-state index is 4.00. The van der Waals surface area contributed by atoms with Crippen LogP contribution in [0.4, 0.5) is 0 Å². The fraction of sp³-hybridized carbons (Fsp3) is 0.429. The zero-order valence-corrected chi connectivity index (χ0v) is 9.29. The quantitative estimate of drug-likeness (QED) is 0.604. The molecule has 1 atom stereocenters. The van der Waals surface area contributed by atoms with E-state index < -0.39 is 0 Å². The summed E-state index contributed by atoms with van der Waals surface area (Å²) in [4.78, 5) is 0. The lowest BCUT2D eigenvalue weighted by Gasteiger charge is -2.29. The van der Waals surface area contributed by atoms with Crippen LogP contribution in [-0.4, -0.2) is 0 Å². The Morgan fingerprint density at radius 1 is 1.21 bits per heavy atom. The van der Waals surface area contributed by atoms with Gasteiger partial charge in [0.25, 0.3) is 0 Å². The Bertz CT molecular complexity index is 273. The summed E-state index contributed by atoms with van der Waals surface area (Å²) in [6.07, 6.45) is 5.64. The van der Waals surface area contributed by atoms with Gasteiger partial charge in [-0.2, -0.15) is 0 Å². The van der Waals surface area contributed by atoms with Crippen molar-refractivity contribution in [2.75, 3.05) is 0 Å². The van der Waals surface area contributed by atoms with Crippen molar-refractivity contribution in [1.82, 2.24) is 0 Å². The van der Waals surface area contributed by atoms with Gasteiger partial charge in [-0.05, 0) is 18.4 Å². The second-order valence-electron chi connectivity index (χ2n) is 3.83. The van der Waals surface area contributed by atoms with Gasteiger partial charge < -0.3 is 0 Å². The molecule has 0 amide bonds. The minimum Gasteiger partial charge on any atom is -0.102 e. The molecular weight excluding hydrogens is 168 g/mol. The Morgan fingerprint density at radius 2 is 1.86 bits per heavy atom. The van der Waals surface area contributed by atoms with Crippen molar-refractivity contribution in [2.24, 2.45) is 0 Å². The van der Waals surface area contributed by atoms with Gasteiger partial charge in [0.1, 0.15) is 0 Å². The van der Waals surface area contributed by atoms with Crippen LogP contribution in [0.5, 0.6) is 0 Å². The molecule has 0 nitrogen and oxygen atoms in total. The summed E-state index contributed by atoms with van der Waals surface area (Å²) in [6, 6.07) is 10.7. The Labute approximate surface area is 87.7 Å². The van der Waals surface area contributed by atoms with Gasteiger partial charge in [-0.1, -0.05) is 56.7 Å². The molecule has 0 saturated carbocycles. The lowest BCUT2D eigenvalue weighted by molar-refractivity contribution is 0.468. The predicted molar refractivity (Wildman–Crippen MR) is 63.5 cm³/mol. The zero-order chi connectivity index (χ0) is 10.4. The minimum atomic E-state index is 0.190. The van der Waals surface area contributed by atoms with Gasteiger partial charge in [0.15, 0.2) is 0 Å². The fourth-order valence-corrected chi connectivity index (χ4v) is 2.11. The molecule has 0 aromatic heterocycles. The summed E-state index contributed by atoms with van der Waals surface area (Å²) in [5.74, 6) is 0. The first-order chi connectivity index (χ1) is 6.79. The van der Waals surface area contributed by atoms with Crippen LogP contribution >= 0.6 is 0 Å². The molecule has 0 heterocycles. The fourth-order valence-electron chi connectivity index (χ4n) is 2.11. The topological polar surface area (TPSA) is 0 Å². The smallest absolute Gasteiger partial charge is 0.0127 e. The van der Waals surface area contributed by atoms with Crippen molar-refractivity contribution in [3.05, 3.63) is 48.6 Å². The van der Waals surface area contributed by atoms with Crippen LogP contribution in [0.3, 0.4) is 0 Å². The van der Waals surface area contributed by atoms with Crippen LogP contribution in [0, 0.1) is 0 Å². The third kappa shape index (κ3) is 2.06. The number of allylic oxidation sites excluding steroid dienone is 1. The number of rotatable bonds is 5. The summed E-state index contributed by atoms with van der Waals surface area (Å²) in [6.45, 7) is 8.47. The van der Waals surface area contributed by atoms with Gasteiger partial charge in [0, 0.05) is 5.41 Å². The first-order valence-electron chi connectivity index (χ1n) is 5.48. The van der Waals surface area contributed by atoms with Crippen molar-refractivity contribution < 1.29 is 0 Å². The van der Waals surface area contributed by atoms with Gasteiger partial charge in [-0.3, -0.25) is 0 Å². The van der Waals surface area contributed by atoms with E-state index in [1.807, 2.05) is 0 Å². The van der Waals surface area contributed by atoms with Crippen LogP contribution in [0.25, 0.3) is 0 Å². The Morgan fingerprint density at radius 3 is 2.29 bits per heavy atom. The highest BCUT2D eigenvalue weighted by atomic mass is 14.3. The molecule has 0 aliphatic rings. The van der Waals surface area contributed by atoms with E-state index in [4.69, 9.17) is 0 Å². The molecule has 1 unspecified atom stereocenters. The second kappa shape index (κ2) is 4.99. The van der Waals surface area contributed by atoms with E-state index >= 15 is 0 Å². The van der Waals surface area contributed by atoms with Gasteiger partial charge in [-0.25, -0.2) is 0 Å². The average molecular weight is 188 g/mol. The van der Waals surface area contributed by atoms with Gasteiger partial charge in [-0.15, -0.1) is 6.58 Å². The van der Waals surface area contributed by atoms with Crippen LogP contribution in [-0.2, 0) is 5.41 Å². The molecule has 0 saturated heterocycles. The minimum absolute atomic E-state index is 0.190. The van der Waals surface area contributed by atoms with E-state index in [-0.39, 0.29) is 5.41 Å². The molecule has 0 aliphatic heterocycles. The SMILES string of the molecule is C=CC(CC)(CCC)c1ccccc1. The number of benzene rings is 1. The normalized spacial score (nSPS) is 14.7. The molecule has 1 rings (SSSR count). The van der Waals surface area contributed by atoms with Crippen LogP contribution in [0.2, 0.25) is 0 Å². The van der Waals surface area contributed by atoms with Gasteiger partial charge in [0.2, 0.25) is 0 Å². The Hall–Kier alpha value is -1.04. The molecule has 0 bridgehead atoms. The molecule has 0 fully saturated rings. The zero-order valence-electron chi connectivity index (χ0n) is 9.29. The summed E-state index contributed by atoms with van der Waals surface area (Å²) < 4.78 is 0. The first-order valence-corrected chi connectivity index (χ1v) is 5.48. The van der Waals surface area contributed by atoms with Crippen molar-refractivity contribution in [2.45, 2.75) is 38.5 Å². The van der Waals surface area contributed by atoms with Gasteiger partial charge >= 0.3 is 0 Å². The van der Waals surface area contributed by atoms with Crippen LogP contribution in [0.1, 0.15) is 38.7 Å². The molecule has 0 radical (unpaired) electrons. The van der Waals surface area contributed by atoms with Crippen molar-refractivity contribution in [3.8, 4) is 0 Å². The maximum Gasteiger partial charge on any atom is 0.0127 e. The third-order valence-electron chi connectivity index (χ3n) is 3.07. The predicted octanol–water partition coefficient (Wildman–Crippen LogP) is 4.32. The summed E-state index contributed by atoms with van der Waals surface area (Å²) in [7, 11) is 0. The molecule has 0 aliphatic carbocycles. The highest BCUT2D eigenvalue weighted by Crippen LogP contribution is 2.33. The highest BCUT2D eigenvalue weighted by molar-refractivity contribution is 5.29. The van der Waals surface area contributed by atoms with E-state index in [9.17, 15) is 0 Å². The molecule has 0 N–H and O–H groups in total. The number of hydrogen-bond donors (Lipinski definition) is 0. The van der Waals surface area contributed by atoms with E-state index in [1.165, 1.54) is 18.4 Å². The standard InChI is InChI=1S/C14H20/c1-4-12-14(5-2,6-3)13-10-8-7-9-11-13/h5,7-11H,2,4,6,12H2,1,3H3. The van der Waals surface area contributed by atoms with Crippen molar-refractivity contribution in [3.63, 3.8) is 0 Å². The van der Waals surface area contributed by atoms with Crippen molar-refractivity contribution >= 4 is 0 Å². The molecule has 14 heavy (non-hydrogen) atoms. The Balaban J connectivity index is 3.04. The highest BCUT2D eigenvalue weighted by Gasteiger charge is 2.24. The average Bonchev–Trinajstić information content (AvgIpc) is 2.27. The molecule has 76 valence electrons. The second-order valence-corrected chi connectivity index (χ2v) is 3.83. The summed E-state index contributed by atoms with van der Waals surface area (Å²) in [5, 5.41) is 0. The lowest BCUT2D eigenvalue weighted by Crippen LogP contribution is -2.21. The summed E-state index contributed by atoms with van der Waals surface area (Å²) >= 11 is 0. The molecule has 0 spiro atoms. The van der Waals surface area contributed by atoms with Crippen molar-refractivity contribution in [1.29, 1.82) is 0 Å². The van der Waals surface area contributed by atoms with E-state index in [1.54, 1.807) is 0 Å². The van der Waals surface area contributed by atoms with Crippen LogP contribution in [0.15, 0.2) is 43.0 Å². The van der Waals surface area contributed by atoms with Gasteiger partial charge in [0.05, 0.1) is 0 Å². The summed E-state index contributed by atoms with van der Waals surface area (Å²) in [5.41, 5.74) is 1.59. The van der Waals surface area contributed by atoms with Crippen LogP contribution < -0.4 is 0 Å².